The van der Waals surface area contributed by atoms with Gasteiger partial charge < -0.3 is 14.8 Å². The molecule has 0 radical (unpaired) electrons. The minimum atomic E-state index is -0.0670. The first kappa shape index (κ1) is 16.3. The lowest BCUT2D eigenvalue weighted by Crippen LogP contribution is -2.49. The molecule has 1 N–H and O–H groups in total. The van der Waals surface area contributed by atoms with Gasteiger partial charge in [0.2, 0.25) is 11.8 Å². The maximum atomic E-state index is 12.4. The SMILES string of the molecule is C=CC(=O)N1CCC[C@@H](NC(=O)Cc2cc3ccccc3n2C)C1. The summed E-state index contributed by atoms with van der Waals surface area (Å²) in [4.78, 5) is 25.9. The molecule has 2 aromatic rings. The largest absolute Gasteiger partial charge is 0.351 e. The van der Waals surface area contributed by atoms with Gasteiger partial charge in [-0.1, -0.05) is 24.8 Å². The summed E-state index contributed by atoms with van der Waals surface area (Å²) in [6.07, 6.45) is 3.48. The molecule has 1 aromatic heterocycles. The topological polar surface area (TPSA) is 54.3 Å². The zero-order chi connectivity index (χ0) is 17.1. The van der Waals surface area contributed by atoms with Gasteiger partial charge in [0.25, 0.3) is 0 Å². The van der Waals surface area contributed by atoms with Crippen LogP contribution in [0.2, 0.25) is 0 Å². The van der Waals surface area contributed by atoms with Gasteiger partial charge in [-0.05, 0) is 36.4 Å². The molecule has 1 aliphatic rings. The Kier molecular flexibility index (Phi) is 4.69. The number of nitrogens with one attached hydrogen (secondary N) is 1. The number of fused-ring (bicyclic) bond motifs is 1. The van der Waals surface area contributed by atoms with Crippen LogP contribution < -0.4 is 5.32 Å². The second-order valence-corrected chi connectivity index (χ2v) is 6.33. The van der Waals surface area contributed by atoms with Crippen LogP contribution in [0.1, 0.15) is 18.5 Å². The van der Waals surface area contributed by atoms with Crippen LogP contribution >= 0.6 is 0 Å². The number of para-hydroxylation sites is 1. The van der Waals surface area contributed by atoms with Crippen LogP contribution in [0.15, 0.2) is 43.0 Å². The van der Waals surface area contributed by atoms with Crippen molar-refractivity contribution in [3.05, 3.63) is 48.7 Å². The molecule has 2 amide bonds. The van der Waals surface area contributed by atoms with E-state index in [1.54, 1.807) is 4.90 Å². The van der Waals surface area contributed by atoms with Crippen molar-refractivity contribution in [1.29, 1.82) is 0 Å². The minimum Gasteiger partial charge on any atom is -0.351 e. The van der Waals surface area contributed by atoms with Crippen LogP contribution in [0.3, 0.4) is 0 Å². The molecule has 0 saturated carbocycles. The molecule has 0 spiro atoms. The Bertz CT molecular complexity index is 778. The number of carbonyl (C=O) groups is 2. The Morgan fingerprint density at radius 1 is 1.38 bits per heavy atom. The van der Waals surface area contributed by atoms with E-state index in [0.717, 1.165) is 36.0 Å². The molecular formula is C19H23N3O2. The predicted octanol–water partition coefficient (Wildman–Crippen LogP) is 2.01. The van der Waals surface area contributed by atoms with Crippen LogP contribution in [0.5, 0.6) is 0 Å². The van der Waals surface area contributed by atoms with Crippen molar-refractivity contribution >= 4 is 22.7 Å². The summed E-state index contributed by atoms with van der Waals surface area (Å²) < 4.78 is 2.06. The van der Waals surface area contributed by atoms with E-state index in [1.165, 1.54) is 6.08 Å². The van der Waals surface area contributed by atoms with Crippen molar-refractivity contribution in [2.45, 2.75) is 25.3 Å². The van der Waals surface area contributed by atoms with Crippen LogP contribution in [-0.2, 0) is 23.1 Å². The van der Waals surface area contributed by atoms with Gasteiger partial charge in [0.05, 0.1) is 6.42 Å². The summed E-state index contributed by atoms with van der Waals surface area (Å²) in [7, 11) is 1.98. The second-order valence-electron chi connectivity index (χ2n) is 6.33. The number of amides is 2. The number of aryl methyl sites for hydroxylation is 1. The van der Waals surface area contributed by atoms with Crippen LogP contribution in [-0.4, -0.2) is 40.4 Å². The van der Waals surface area contributed by atoms with Crippen molar-refractivity contribution in [3.63, 3.8) is 0 Å². The Hall–Kier alpha value is -2.56. The van der Waals surface area contributed by atoms with Crippen LogP contribution in [0, 0.1) is 0 Å². The lowest BCUT2D eigenvalue weighted by molar-refractivity contribution is -0.129. The first-order chi connectivity index (χ1) is 11.6. The van der Waals surface area contributed by atoms with Gasteiger partial charge in [0.15, 0.2) is 0 Å². The van der Waals surface area contributed by atoms with E-state index < -0.39 is 0 Å². The molecule has 126 valence electrons. The highest BCUT2D eigenvalue weighted by Crippen LogP contribution is 2.19. The summed E-state index contributed by atoms with van der Waals surface area (Å²) in [6, 6.07) is 10.2. The fourth-order valence-electron chi connectivity index (χ4n) is 3.38. The first-order valence-corrected chi connectivity index (χ1v) is 8.32. The van der Waals surface area contributed by atoms with Gasteiger partial charge >= 0.3 is 0 Å². The Labute approximate surface area is 141 Å². The maximum Gasteiger partial charge on any atom is 0.246 e. The van der Waals surface area contributed by atoms with Crippen molar-refractivity contribution < 1.29 is 9.59 Å². The van der Waals surface area contributed by atoms with E-state index in [9.17, 15) is 9.59 Å². The number of nitrogens with zero attached hydrogens (tertiary/aromatic N) is 2. The fraction of sp³-hybridized carbons (Fsp3) is 0.368. The van der Waals surface area contributed by atoms with Gasteiger partial charge in [-0.3, -0.25) is 9.59 Å². The normalized spacial score (nSPS) is 17.7. The average molecular weight is 325 g/mol. The molecule has 2 heterocycles. The lowest BCUT2D eigenvalue weighted by Gasteiger charge is -2.32. The second kappa shape index (κ2) is 6.91. The molecule has 0 unspecified atom stereocenters. The van der Waals surface area contributed by atoms with Crippen LogP contribution in [0.4, 0.5) is 0 Å². The van der Waals surface area contributed by atoms with Crippen molar-refractivity contribution in [2.75, 3.05) is 13.1 Å². The predicted molar refractivity (Wildman–Crippen MR) is 94.6 cm³/mol. The van der Waals surface area contributed by atoms with E-state index in [1.807, 2.05) is 19.2 Å². The quantitative estimate of drug-likeness (QED) is 0.874. The van der Waals surface area contributed by atoms with Crippen molar-refractivity contribution in [3.8, 4) is 0 Å². The number of benzene rings is 1. The summed E-state index contributed by atoms with van der Waals surface area (Å²) in [6.45, 7) is 4.82. The molecule has 1 fully saturated rings. The maximum absolute atomic E-state index is 12.4. The zero-order valence-electron chi connectivity index (χ0n) is 14.0. The average Bonchev–Trinajstić information content (AvgIpc) is 2.90. The van der Waals surface area contributed by atoms with Crippen molar-refractivity contribution in [1.82, 2.24) is 14.8 Å². The number of piperidine rings is 1. The third-order valence-electron chi connectivity index (χ3n) is 4.67. The highest BCUT2D eigenvalue weighted by molar-refractivity contribution is 5.87. The highest BCUT2D eigenvalue weighted by Gasteiger charge is 2.23. The number of hydrogen-bond donors (Lipinski definition) is 1. The molecule has 1 aromatic carbocycles. The van der Waals surface area contributed by atoms with Crippen molar-refractivity contribution in [2.24, 2.45) is 7.05 Å². The van der Waals surface area contributed by atoms with E-state index in [2.05, 4.69) is 34.7 Å². The summed E-state index contributed by atoms with van der Waals surface area (Å²) >= 11 is 0. The number of aromatic nitrogens is 1. The third kappa shape index (κ3) is 3.35. The molecular weight excluding hydrogens is 302 g/mol. The van der Waals surface area contributed by atoms with Gasteiger partial charge in [0.1, 0.15) is 0 Å². The lowest BCUT2D eigenvalue weighted by atomic mass is 10.1. The standard InChI is InChI=1S/C19H23N3O2/c1-3-19(24)22-10-6-8-15(13-22)20-18(23)12-16-11-14-7-4-5-9-17(14)21(16)2/h3-5,7,9,11,15H,1,6,8,10,12-13H2,2H3,(H,20,23)/t15-/m1/s1. The molecule has 24 heavy (non-hydrogen) atoms. The summed E-state index contributed by atoms with van der Waals surface area (Å²) in [5, 5.41) is 4.21. The number of hydrogen-bond acceptors (Lipinski definition) is 2. The monoisotopic (exact) mass is 325 g/mol. The highest BCUT2D eigenvalue weighted by atomic mass is 16.2. The molecule has 1 aliphatic heterocycles. The molecule has 0 bridgehead atoms. The number of rotatable bonds is 4. The number of likely N-dealkylation sites (tertiary alicyclic amines) is 1. The Morgan fingerprint density at radius 2 is 2.17 bits per heavy atom. The van der Waals surface area contributed by atoms with Gasteiger partial charge in [-0.2, -0.15) is 0 Å². The molecule has 0 aliphatic carbocycles. The molecule has 1 atom stereocenters. The Balaban J connectivity index is 1.63. The van der Waals surface area contributed by atoms with E-state index in [4.69, 9.17) is 0 Å². The van der Waals surface area contributed by atoms with Gasteiger partial charge in [0, 0.05) is 37.4 Å². The van der Waals surface area contributed by atoms with E-state index in [-0.39, 0.29) is 17.9 Å². The molecule has 1 saturated heterocycles. The number of carbonyl (C=O) groups excluding carboxylic acids is 2. The van der Waals surface area contributed by atoms with Gasteiger partial charge in [-0.25, -0.2) is 0 Å². The van der Waals surface area contributed by atoms with Gasteiger partial charge in [-0.15, -0.1) is 0 Å². The van der Waals surface area contributed by atoms with E-state index in [0.29, 0.717) is 13.0 Å². The van der Waals surface area contributed by atoms with E-state index >= 15 is 0 Å². The summed E-state index contributed by atoms with van der Waals surface area (Å²) in [5.41, 5.74) is 2.12. The third-order valence-corrected chi connectivity index (χ3v) is 4.67. The first-order valence-electron chi connectivity index (χ1n) is 8.32. The summed E-state index contributed by atoms with van der Waals surface area (Å²) in [5.74, 6) is -0.0681. The Morgan fingerprint density at radius 3 is 2.92 bits per heavy atom. The molecule has 5 nitrogen and oxygen atoms in total. The smallest absolute Gasteiger partial charge is 0.246 e. The van der Waals surface area contributed by atoms with Crippen LogP contribution in [0.25, 0.3) is 10.9 Å². The fourth-order valence-corrected chi connectivity index (χ4v) is 3.38. The molecule has 3 rings (SSSR count). The minimum absolute atomic E-state index is 0.00110. The molecule has 5 heteroatoms. The zero-order valence-corrected chi connectivity index (χ0v) is 14.0.